The second-order valence-electron chi connectivity index (χ2n) is 4.56. The van der Waals surface area contributed by atoms with E-state index in [0.29, 0.717) is 32.0 Å². The second kappa shape index (κ2) is 6.17. The zero-order chi connectivity index (χ0) is 14.9. The van der Waals surface area contributed by atoms with E-state index in [4.69, 9.17) is 34.8 Å². The number of benzene rings is 1. The lowest BCUT2D eigenvalue weighted by atomic mass is 10.1. The van der Waals surface area contributed by atoms with Gasteiger partial charge in [-0.2, -0.15) is 5.10 Å². The van der Waals surface area contributed by atoms with Gasteiger partial charge in [-0.25, -0.2) is 0 Å². The molecule has 2 aromatic rings. The predicted molar refractivity (Wildman–Crippen MR) is 81.8 cm³/mol. The van der Waals surface area contributed by atoms with Crippen molar-refractivity contribution < 1.29 is 4.79 Å². The Kier molecular flexibility index (Phi) is 4.74. The van der Waals surface area contributed by atoms with Gasteiger partial charge in [-0.15, -0.1) is 0 Å². The van der Waals surface area contributed by atoms with Crippen LogP contribution in [0.2, 0.25) is 15.1 Å². The second-order valence-corrected chi connectivity index (χ2v) is 5.75. The van der Waals surface area contributed by atoms with E-state index in [1.54, 1.807) is 36.9 Å². The van der Waals surface area contributed by atoms with Gasteiger partial charge in [-0.1, -0.05) is 40.9 Å². The number of hydrogen-bond donors (Lipinski definition) is 0. The molecule has 0 radical (unpaired) electrons. The Hall–Kier alpha value is -1.03. The Balaban J connectivity index is 2.18. The number of carbonyl (C=O) groups is 1. The predicted octanol–water partition coefficient (Wildman–Crippen LogP) is 4.04. The van der Waals surface area contributed by atoms with Crippen molar-refractivity contribution >= 4 is 40.6 Å². The quantitative estimate of drug-likeness (QED) is 0.847. The molecular formula is C14H13Cl3N2O. The molecule has 0 aliphatic carbocycles. The Labute approximate surface area is 132 Å². The first-order valence-corrected chi connectivity index (χ1v) is 7.16. The van der Waals surface area contributed by atoms with Crippen LogP contribution in [0.3, 0.4) is 0 Å². The van der Waals surface area contributed by atoms with E-state index in [1.807, 2.05) is 0 Å². The van der Waals surface area contributed by atoms with Gasteiger partial charge in [0.25, 0.3) is 0 Å². The minimum absolute atomic E-state index is 0.00935. The lowest BCUT2D eigenvalue weighted by Gasteiger charge is -2.07. The van der Waals surface area contributed by atoms with Crippen LogP contribution < -0.4 is 0 Å². The van der Waals surface area contributed by atoms with Crippen LogP contribution in [0, 0.1) is 6.92 Å². The summed E-state index contributed by atoms with van der Waals surface area (Å²) in [5, 5.41) is 5.72. The van der Waals surface area contributed by atoms with Crippen molar-refractivity contribution in [2.24, 2.45) is 7.05 Å². The molecule has 0 N–H and O–H groups in total. The highest BCUT2D eigenvalue weighted by molar-refractivity contribution is 6.36. The molecule has 0 saturated carbocycles. The first-order valence-electron chi connectivity index (χ1n) is 6.02. The molecule has 1 aromatic heterocycles. The maximum atomic E-state index is 12.2. The molecule has 3 nitrogen and oxygen atoms in total. The molecule has 106 valence electrons. The van der Waals surface area contributed by atoms with Crippen molar-refractivity contribution in [2.45, 2.75) is 19.8 Å². The summed E-state index contributed by atoms with van der Waals surface area (Å²) in [6.07, 6.45) is 0.386. The molecule has 0 amide bonds. The fourth-order valence-corrected chi connectivity index (χ4v) is 2.78. The van der Waals surface area contributed by atoms with E-state index >= 15 is 0 Å². The van der Waals surface area contributed by atoms with Gasteiger partial charge < -0.3 is 0 Å². The third kappa shape index (κ3) is 3.17. The van der Waals surface area contributed by atoms with Crippen LogP contribution in [-0.4, -0.2) is 15.6 Å². The van der Waals surface area contributed by atoms with Crippen molar-refractivity contribution in [1.29, 1.82) is 0 Å². The number of carbonyl (C=O) groups excluding carboxylic acids is 1. The SMILES string of the molecule is Cc1nn(C)c(CC(=O)Cc2c(Cl)cccc2Cl)c1Cl. The van der Waals surface area contributed by atoms with E-state index in [1.165, 1.54) is 0 Å². The van der Waals surface area contributed by atoms with Crippen LogP contribution in [-0.2, 0) is 24.7 Å². The molecule has 0 saturated heterocycles. The third-order valence-electron chi connectivity index (χ3n) is 3.06. The molecule has 0 aliphatic rings. The maximum absolute atomic E-state index is 12.2. The highest BCUT2D eigenvalue weighted by Crippen LogP contribution is 2.26. The van der Waals surface area contributed by atoms with Gasteiger partial charge in [-0.3, -0.25) is 9.48 Å². The topological polar surface area (TPSA) is 34.9 Å². The average molecular weight is 332 g/mol. The fraction of sp³-hybridized carbons (Fsp3) is 0.286. The van der Waals surface area contributed by atoms with Gasteiger partial charge >= 0.3 is 0 Å². The summed E-state index contributed by atoms with van der Waals surface area (Å²) in [4.78, 5) is 12.2. The van der Waals surface area contributed by atoms with Crippen LogP contribution in [0.4, 0.5) is 0 Å². The largest absolute Gasteiger partial charge is 0.299 e. The molecule has 1 aromatic carbocycles. The Morgan fingerprint density at radius 1 is 1.20 bits per heavy atom. The number of nitrogens with zero attached hydrogens (tertiary/aromatic N) is 2. The summed E-state index contributed by atoms with van der Waals surface area (Å²) < 4.78 is 1.63. The van der Waals surface area contributed by atoms with Crippen LogP contribution >= 0.6 is 34.8 Å². The minimum atomic E-state index is -0.00935. The molecule has 0 spiro atoms. The summed E-state index contributed by atoms with van der Waals surface area (Å²) >= 11 is 18.3. The third-order valence-corrected chi connectivity index (χ3v) is 4.26. The Bertz CT molecular complexity index is 644. The number of Topliss-reactive ketones (excluding diaryl/α,β-unsaturated/α-hetero) is 1. The van der Waals surface area contributed by atoms with Crippen molar-refractivity contribution in [3.8, 4) is 0 Å². The van der Waals surface area contributed by atoms with E-state index in [0.717, 1.165) is 0 Å². The molecule has 0 fully saturated rings. The van der Waals surface area contributed by atoms with E-state index in [9.17, 15) is 4.79 Å². The van der Waals surface area contributed by atoms with Crippen molar-refractivity contribution in [1.82, 2.24) is 9.78 Å². The van der Waals surface area contributed by atoms with Crippen LogP contribution in [0.15, 0.2) is 18.2 Å². The fourth-order valence-electron chi connectivity index (χ4n) is 2.02. The van der Waals surface area contributed by atoms with Gasteiger partial charge in [0, 0.05) is 23.5 Å². The van der Waals surface area contributed by atoms with Crippen LogP contribution in [0.1, 0.15) is 17.0 Å². The smallest absolute Gasteiger partial charge is 0.143 e. The Morgan fingerprint density at radius 3 is 2.30 bits per heavy atom. The van der Waals surface area contributed by atoms with Gasteiger partial charge in [0.2, 0.25) is 0 Å². The summed E-state index contributed by atoms with van der Waals surface area (Å²) in [5.74, 6) is -0.00935. The van der Waals surface area contributed by atoms with Crippen molar-refractivity contribution in [3.63, 3.8) is 0 Å². The number of halogens is 3. The highest BCUT2D eigenvalue weighted by Gasteiger charge is 2.17. The molecule has 0 bridgehead atoms. The minimum Gasteiger partial charge on any atom is -0.299 e. The number of aromatic nitrogens is 2. The molecule has 0 atom stereocenters. The summed E-state index contributed by atoms with van der Waals surface area (Å²) in [7, 11) is 1.77. The van der Waals surface area contributed by atoms with Crippen molar-refractivity contribution in [3.05, 3.63) is 50.2 Å². The van der Waals surface area contributed by atoms with Crippen LogP contribution in [0.5, 0.6) is 0 Å². The molecule has 20 heavy (non-hydrogen) atoms. The number of ketones is 1. The number of rotatable bonds is 4. The Morgan fingerprint density at radius 2 is 1.80 bits per heavy atom. The molecule has 6 heteroatoms. The molecule has 2 rings (SSSR count). The van der Waals surface area contributed by atoms with E-state index < -0.39 is 0 Å². The average Bonchev–Trinajstić information content (AvgIpc) is 2.61. The molecule has 1 heterocycles. The van der Waals surface area contributed by atoms with Crippen LogP contribution in [0.25, 0.3) is 0 Å². The first-order chi connectivity index (χ1) is 9.40. The normalized spacial score (nSPS) is 10.8. The monoisotopic (exact) mass is 330 g/mol. The van der Waals surface area contributed by atoms with E-state index in [2.05, 4.69) is 5.10 Å². The highest BCUT2D eigenvalue weighted by atomic mass is 35.5. The maximum Gasteiger partial charge on any atom is 0.143 e. The van der Waals surface area contributed by atoms with Crippen molar-refractivity contribution in [2.75, 3.05) is 0 Å². The molecule has 0 aliphatic heterocycles. The van der Waals surface area contributed by atoms with Gasteiger partial charge in [0.05, 0.1) is 22.8 Å². The lowest BCUT2D eigenvalue weighted by molar-refractivity contribution is -0.117. The standard InChI is InChI=1S/C14H13Cl3N2O/c1-8-14(17)13(19(2)18-8)7-9(20)6-10-11(15)4-3-5-12(10)16/h3-5H,6-7H2,1-2H3. The summed E-state index contributed by atoms with van der Waals surface area (Å²) in [6, 6.07) is 5.19. The zero-order valence-corrected chi connectivity index (χ0v) is 13.4. The summed E-state index contributed by atoms with van der Waals surface area (Å²) in [5.41, 5.74) is 2.07. The van der Waals surface area contributed by atoms with E-state index in [-0.39, 0.29) is 18.6 Å². The van der Waals surface area contributed by atoms with Gasteiger partial charge in [0.15, 0.2) is 0 Å². The number of aryl methyl sites for hydroxylation is 2. The molecular weight excluding hydrogens is 319 g/mol. The molecule has 0 unspecified atom stereocenters. The van der Waals surface area contributed by atoms with Gasteiger partial charge in [0.1, 0.15) is 5.78 Å². The summed E-state index contributed by atoms with van der Waals surface area (Å²) in [6.45, 7) is 1.81. The number of hydrogen-bond acceptors (Lipinski definition) is 2. The first kappa shape index (κ1) is 15.4. The van der Waals surface area contributed by atoms with Gasteiger partial charge in [-0.05, 0) is 24.6 Å². The lowest BCUT2D eigenvalue weighted by Crippen LogP contribution is -2.11. The zero-order valence-electron chi connectivity index (χ0n) is 11.1.